The summed E-state index contributed by atoms with van der Waals surface area (Å²) in [6.45, 7) is 0. The van der Waals surface area contributed by atoms with Gasteiger partial charge < -0.3 is 5.32 Å². The highest BCUT2D eigenvalue weighted by Gasteiger charge is 2.41. The van der Waals surface area contributed by atoms with E-state index in [4.69, 9.17) is 11.6 Å². The first-order valence-corrected chi connectivity index (χ1v) is 9.79. The summed E-state index contributed by atoms with van der Waals surface area (Å²) in [7, 11) is -2.50. The van der Waals surface area contributed by atoms with E-state index in [1.54, 1.807) is 12.3 Å². The van der Waals surface area contributed by atoms with Crippen molar-refractivity contribution in [3.05, 3.63) is 46.2 Å². The quantitative estimate of drug-likeness (QED) is 0.820. The molecule has 0 saturated carbocycles. The second-order valence-corrected chi connectivity index (χ2v) is 8.51. The number of amides is 1. The molecule has 1 aromatic carbocycles. The van der Waals surface area contributed by atoms with Crippen LogP contribution in [0.5, 0.6) is 0 Å². The van der Waals surface area contributed by atoms with E-state index in [9.17, 15) is 17.6 Å². The topological polar surface area (TPSA) is 91.4 Å². The van der Waals surface area contributed by atoms with Gasteiger partial charge in [0, 0.05) is 23.8 Å². The summed E-state index contributed by atoms with van der Waals surface area (Å²) in [4.78, 5) is 13.3. The highest BCUT2D eigenvalue weighted by atomic mass is 35.5. The van der Waals surface area contributed by atoms with Crippen LogP contribution in [0.1, 0.15) is 17.3 Å². The van der Waals surface area contributed by atoms with Crippen molar-refractivity contribution in [2.75, 3.05) is 12.4 Å². The number of anilines is 1. The minimum Gasteiger partial charge on any atom is -0.325 e. The Labute approximate surface area is 153 Å². The molecule has 2 aromatic rings. The Morgan fingerprint density at radius 3 is 2.88 bits per heavy atom. The molecule has 2 unspecified atom stereocenters. The molecule has 0 bridgehead atoms. The van der Waals surface area contributed by atoms with Crippen LogP contribution >= 0.6 is 23.1 Å². The zero-order valence-corrected chi connectivity index (χ0v) is 15.3. The molecule has 0 spiro atoms. The highest BCUT2D eigenvalue weighted by Crippen LogP contribution is 2.30. The van der Waals surface area contributed by atoms with E-state index in [1.165, 1.54) is 30.7 Å². The lowest BCUT2D eigenvalue weighted by Gasteiger charge is -2.35. The maximum atomic E-state index is 13.2. The van der Waals surface area contributed by atoms with Gasteiger partial charge in [-0.05, 0) is 42.2 Å². The van der Waals surface area contributed by atoms with Gasteiger partial charge in [0.2, 0.25) is 5.91 Å². The molecule has 3 rings (SSSR count). The number of benzene rings is 1. The average Bonchev–Trinajstić information content (AvgIpc) is 3.07. The van der Waals surface area contributed by atoms with Gasteiger partial charge >= 0.3 is 0 Å². The van der Waals surface area contributed by atoms with Crippen LogP contribution in [0.3, 0.4) is 0 Å². The van der Waals surface area contributed by atoms with Crippen molar-refractivity contribution >= 4 is 44.9 Å². The van der Waals surface area contributed by atoms with Gasteiger partial charge in [0.1, 0.15) is 11.9 Å². The Balaban J connectivity index is 1.83. The number of carbonyl (C=O) groups excluding carboxylic acids is 1. The van der Waals surface area contributed by atoms with Crippen LogP contribution in [0.4, 0.5) is 10.1 Å². The maximum absolute atomic E-state index is 13.2. The molecule has 2 heterocycles. The highest BCUT2D eigenvalue weighted by molar-refractivity contribution is 7.87. The van der Waals surface area contributed by atoms with Gasteiger partial charge in [-0.2, -0.15) is 17.4 Å². The summed E-state index contributed by atoms with van der Waals surface area (Å²) in [6.07, 6.45) is 1.81. The third kappa shape index (κ3) is 3.82. The van der Waals surface area contributed by atoms with E-state index in [2.05, 4.69) is 14.4 Å². The molecule has 1 aliphatic rings. The number of hydrogen-bond acceptors (Lipinski definition) is 5. The molecule has 0 aliphatic carbocycles. The lowest BCUT2D eigenvalue weighted by atomic mass is 10.1. The van der Waals surface area contributed by atoms with Gasteiger partial charge in [-0.25, -0.2) is 8.76 Å². The fourth-order valence-corrected chi connectivity index (χ4v) is 4.67. The predicted molar refractivity (Wildman–Crippen MR) is 93.1 cm³/mol. The van der Waals surface area contributed by atoms with Gasteiger partial charge in [0.05, 0.1) is 11.1 Å². The minimum atomic E-state index is -3.82. The molecule has 11 heteroatoms. The number of aromatic nitrogens is 1. The Kier molecular flexibility index (Phi) is 5.07. The first-order valence-electron chi connectivity index (χ1n) is 7.19. The van der Waals surface area contributed by atoms with Crippen molar-refractivity contribution in [2.24, 2.45) is 0 Å². The number of likely N-dealkylation sites (N-methyl/N-ethyl adjacent to an activating group) is 1. The molecule has 1 saturated heterocycles. The van der Waals surface area contributed by atoms with Crippen LogP contribution in [0.25, 0.3) is 0 Å². The normalized spacial score (nSPS) is 23.3. The lowest BCUT2D eigenvalue weighted by Crippen LogP contribution is -2.55. The first kappa shape index (κ1) is 18.2. The van der Waals surface area contributed by atoms with Gasteiger partial charge in [0.15, 0.2) is 0 Å². The Morgan fingerprint density at radius 2 is 2.24 bits per heavy atom. The molecule has 0 radical (unpaired) electrons. The zero-order chi connectivity index (χ0) is 18.2. The molecule has 2 atom stereocenters. The summed E-state index contributed by atoms with van der Waals surface area (Å²) >= 11 is 6.87. The summed E-state index contributed by atoms with van der Waals surface area (Å²) < 4.78 is 45.3. The molecular formula is C14H14ClFN4O3S2. The van der Waals surface area contributed by atoms with Gasteiger partial charge in [0.25, 0.3) is 10.2 Å². The van der Waals surface area contributed by atoms with Crippen LogP contribution in [-0.4, -0.2) is 36.1 Å². The van der Waals surface area contributed by atoms with Crippen LogP contribution in [0, 0.1) is 5.82 Å². The second kappa shape index (κ2) is 6.96. The van der Waals surface area contributed by atoms with Crippen LogP contribution < -0.4 is 10.0 Å². The standard InChI is InChI=1S/C14H14ClFN4O3S2/c1-20-12(14(21)18-8-2-3-10(16)9(15)6-8)7-11(19-25(20,22)23)13-4-5-17-24-13/h2-6,11-12,19H,7H2,1H3,(H,18,21). The Morgan fingerprint density at radius 1 is 1.48 bits per heavy atom. The van der Waals surface area contributed by atoms with Crippen molar-refractivity contribution in [3.63, 3.8) is 0 Å². The fourth-order valence-electron chi connectivity index (χ4n) is 2.50. The molecule has 2 N–H and O–H groups in total. The molecule has 134 valence electrons. The van der Waals surface area contributed by atoms with Gasteiger partial charge in [-0.1, -0.05) is 11.6 Å². The number of carbonyl (C=O) groups is 1. The Bertz CT molecular complexity index is 891. The SMILES string of the molecule is CN1C(C(=O)Nc2ccc(F)c(Cl)c2)CC(c2ccns2)NS1(=O)=O. The van der Waals surface area contributed by atoms with Crippen molar-refractivity contribution < 1.29 is 17.6 Å². The molecular weight excluding hydrogens is 391 g/mol. The number of nitrogens with zero attached hydrogens (tertiary/aromatic N) is 2. The van der Waals surface area contributed by atoms with E-state index in [0.717, 1.165) is 15.2 Å². The summed E-state index contributed by atoms with van der Waals surface area (Å²) in [5, 5.41) is 2.44. The van der Waals surface area contributed by atoms with Gasteiger partial charge in [-0.3, -0.25) is 4.79 Å². The fraction of sp³-hybridized carbons (Fsp3) is 0.286. The van der Waals surface area contributed by atoms with Crippen molar-refractivity contribution in [2.45, 2.75) is 18.5 Å². The van der Waals surface area contributed by atoms with Crippen molar-refractivity contribution in [1.29, 1.82) is 0 Å². The molecule has 1 aliphatic heterocycles. The molecule has 1 aromatic heterocycles. The van der Waals surface area contributed by atoms with E-state index >= 15 is 0 Å². The third-order valence-corrected chi connectivity index (χ3v) is 6.60. The van der Waals surface area contributed by atoms with E-state index in [-0.39, 0.29) is 17.1 Å². The second-order valence-electron chi connectivity index (χ2n) is 5.48. The summed E-state index contributed by atoms with van der Waals surface area (Å²) in [6, 6.07) is 3.99. The van der Waals surface area contributed by atoms with Crippen LogP contribution in [-0.2, 0) is 15.0 Å². The Hall–Kier alpha value is -1.59. The third-order valence-electron chi connectivity index (χ3n) is 3.86. The minimum absolute atomic E-state index is 0.133. The van der Waals surface area contributed by atoms with Crippen molar-refractivity contribution in [3.8, 4) is 0 Å². The molecule has 1 amide bonds. The maximum Gasteiger partial charge on any atom is 0.280 e. The van der Waals surface area contributed by atoms with E-state index in [0.29, 0.717) is 0 Å². The molecule has 25 heavy (non-hydrogen) atoms. The first-order chi connectivity index (χ1) is 11.8. The van der Waals surface area contributed by atoms with Crippen LogP contribution in [0.15, 0.2) is 30.5 Å². The predicted octanol–water partition coefficient (Wildman–Crippen LogP) is 2.15. The molecule has 7 nitrogen and oxygen atoms in total. The number of rotatable bonds is 3. The average molecular weight is 405 g/mol. The van der Waals surface area contributed by atoms with Crippen LogP contribution in [0.2, 0.25) is 5.02 Å². The monoisotopic (exact) mass is 404 g/mol. The lowest BCUT2D eigenvalue weighted by molar-refractivity contribution is -0.120. The van der Waals surface area contributed by atoms with E-state index in [1.807, 2.05) is 0 Å². The van der Waals surface area contributed by atoms with E-state index < -0.39 is 34.0 Å². The number of nitrogens with one attached hydrogen (secondary N) is 2. The number of halogens is 2. The smallest absolute Gasteiger partial charge is 0.280 e. The largest absolute Gasteiger partial charge is 0.325 e. The number of hydrogen-bond donors (Lipinski definition) is 2. The van der Waals surface area contributed by atoms with Gasteiger partial charge in [-0.15, -0.1) is 0 Å². The molecule has 1 fully saturated rings. The van der Waals surface area contributed by atoms with Crippen molar-refractivity contribution in [1.82, 2.24) is 13.4 Å². The summed E-state index contributed by atoms with van der Waals surface area (Å²) in [5.74, 6) is -1.13. The summed E-state index contributed by atoms with van der Waals surface area (Å²) in [5.41, 5.74) is 0.287. The zero-order valence-electron chi connectivity index (χ0n) is 12.9.